The van der Waals surface area contributed by atoms with Crippen LogP contribution in [0.1, 0.15) is 0 Å². The van der Waals surface area contributed by atoms with E-state index in [0.29, 0.717) is 30.0 Å². The maximum Gasteiger partial charge on any atom is 0.277 e. The van der Waals surface area contributed by atoms with Gasteiger partial charge in [-0.1, -0.05) is 23.9 Å². The van der Waals surface area contributed by atoms with Crippen molar-refractivity contribution in [2.45, 2.75) is 5.22 Å². The zero-order valence-corrected chi connectivity index (χ0v) is 15.6. The van der Waals surface area contributed by atoms with Gasteiger partial charge in [-0.2, -0.15) is 0 Å². The molecule has 26 heavy (non-hydrogen) atoms. The van der Waals surface area contributed by atoms with E-state index in [1.165, 1.54) is 11.8 Å². The quantitative estimate of drug-likeness (QED) is 0.623. The highest BCUT2D eigenvalue weighted by Gasteiger charge is 2.22. The van der Waals surface area contributed by atoms with E-state index in [9.17, 15) is 4.79 Å². The van der Waals surface area contributed by atoms with Gasteiger partial charge in [-0.15, -0.1) is 21.5 Å². The fourth-order valence-corrected chi connectivity index (χ4v) is 4.02. The lowest BCUT2D eigenvalue weighted by atomic mass is 10.3. The van der Waals surface area contributed by atoms with Crippen LogP contribution in [0.4, 0.5) is 5.82 Å². The Morgan fingerprint density at radius 2 is 2.04 bits per heavy atom. The smallest absolute Gasteiger partial charge is 0.277 e. The normalized spacial score (nSPS) is 14.6. The molecule has 1 aliphatic rings. The highest BCUT2D eigenvalue weighted by molar-refractivity contribution is 7.99. The minimum absolute atomic E-state index is 0.0894. The van der Waals surface area contributed by atoms with Crippen LogP contribution in [0.15, 0.2) is 51.5 Å². The summed E-state index contributed by atoms with van der Waals surface area (Å²) in [6.45, 7) is 2.97. The van der Waals surface area contributed by atoms with E-state index in [1.54, 1.807) is 17.5 Å². The number of carbonyl (C=O) groups excluding carboxylic acids is 1. The summed E-state index contributed by atoms with van der Waals surface area (Å²) in [5, 5.41) is 10.4. The fourth-order valence-electron chi connectivity index (χ4n) is 2.71. The van der Waals surface area contributed by atoms with Crippen molar-refractivity contribution < 1.29 is 9.21 Å². The molecule has 1 fully saturated rings. The van der Waals surface area contributed by atoms with Crippen LogP contribution in [0, 0.1) is 0 Å². The number of anilines is 1. The average molecular weight is 387 g/mol. The summed E-state index contributed by atoms with van der Waals surface area (Å²) in [5.41, 5.74) is 0. The summed E-state index contributed by atoms with van der Waals surface area (Å²) in [5.74, 6) is 1.85. The molecule has 0 bridgehead atoms. The van der Waals surface area contributed by atoms with Gasteiger partial charge in [-0.05, 0) is 23.6 Å². The minimum Gasteiger partial charge on any atom is -0.410 e. The molecular weight excluding hydrogens is 370 g/mol. The van der Waals surface area contributed by atoms with Crippen molar-refractivity contribution in [3.05, 3.63) is 41.9 Å². The van der Waals surface area contributed by atoms with Crippen LogP contribution in [0.25, 0.3) is 10.8 Å². The number of hydrogen-bond donors (Lipinski definition) is 0. The van der Waals surface area contributed by atoms with Crippen molar-refractivity contribution >= 4 is 34.8 Å². The summed E-state index contributed by atoms with van der Waals surface area (Å²) >= 11 is 2.83. The first-order valence-corrected chi connectivity index (χ1v) is 10.1. The molecule has 4 heterocycles. The lowest BCUT2D eigenvalue weighted by Crippen LogP contribution is -2.49. The number of nitrogens with zero attached hydrogens (tertiary/aromatic N) is 5. The molecule has 7 nitrogen and oxygen atoms in total. The Balaban J connectivity index is 1.27. The molecule has 1 amide bonds. The van der Waals surface area contributed by atoms with E-state index in [0.717, 1.165) is 23.8 Å². The van der Waals surface area contributed by atoms with Crippen molar-refractivity contribution in [1.29, 1.82) is 0 Å². The molecule has 0 spiro atoms. The lowest BCUT2D eigenvalue weighted by molar-refractivity contribution is -0.128. The largest absolute Gasteiger partial charge is 0.410 e. The van der Waals surface area contributed by atoms with Crippen LogP contribution in [0.5, 0.6) is 0 Å². The zero-order valence-electron chi connectivity index (χ0n) is 13.9. The van der Waals surface area contributed by atoms with Gasteiger partial charge in [0.1, 0.15) is 5.82 Å². The number of pyridine rings is 1. The van der Waals surface area contributed by atoms with Crippen LogP contribution in [-0.2, 0) is 4.79 Å². The van der Waals surface area contributed by atoms with Gasteiger partial charge in [0, 0.05) is 32.4 Å². The zero-order chi connectivity index (χ0) is 17.8. The van der Waals surface area contributed by atoms with Gasteiger partial charge in [0.25, 0.3) is 11.1 Å². The third-order valence-electron chi connectivity index (χ3n) is 4.06. The van der Waals surface area contributed by atoms with Gasteiger partial charge >= 0.3 is 0 Å². The van der Waals surface area contributed by atoms with Crippen molar-refractivity contribution in [3.8, 4) is 10.8 Å². The number of thiophene rings is 1. The van der Waals surface area contributed by atoms with E-state index in [4.69, 9.17) is 4.42 Å². The Labute approximate surface area is 159 Å². The Hall–Kier alpha value is -2.39. The maximum atomic E-state index is 12.4. The monoisotopic (exact) mass is 387 g/mol. The molecule has 4 rings (SSSR count). The predicted octanol–water partition coefficient (Wildman–Crippen LogP) is 2.63. The standard InChI is InChI=1S/C17H17N5O2S2/c23-15(12-26-17-20-19-16(24-17)13-4-3-11-25-13)22-9-7-21(8-10-22)14-5-1-2-6-18-14/h1-6,11H,7-10,12H2. The van der Waals surface area contributed by atoms with Crippen LogP contribution in [-0.4, -0.2) is 57.9 Å². The van der Waals surface area contributed by atoms with Crippen LogP contribution in [0.2, 0.25) is 0 Å². The third-order valence-corrected chi connectivity index (χ3v) is 5.72. The first kappa shape index (κ1) is 17.0. The minimum atomic E-state index is 0.0894. The molecular formula is C17H17N5O2S2. The van der Waals surface area contributed by atoms with Crippen molar-refractivity contribution in [2.24, 2.45) is 0 Å². The number of carbonyl (C=O) groups is 1. The summed E-state index contributed by atoms with van der Waals surface area (Å²) < 4.78 is 5.60. The van der Waals surface area contributed by atoms with E-state index in [2.05, 4.69) is 20.1 Å². The molecule has 0 unspecified atom stereocenters. The van der Waals surface area contributed by atoms with Gasteiger partial charge in [-0.25, -0.2) is 4.98 Å². The van der Waals surface area contributed by atoms with Gasteiger partial charge in [0.15, 0.2) is 0 Å². The lowest BCUT2D eigenvalue weighted by Gasteiger charge is -2.35. The number of aromatic nitrogens is 3. The molecule has 0 N–H and O–H groups in total. The second-order valence-electron chi connectivity index (χ2n) is 5.69. The Kier molecular flexibility index (Phi) is 5.16. The van der Waals surface area contributed by atoms with Gasteiger partial charge in [-0.3, -0.25) is 4.79 Å². The molecule has 134 valence electrons. The maximum absolute atomic E-state index is 12.4. The van der Waals surface area contributed by atoms with Crippen LogP contribution >= 0.6 is 23.1 Å². The van der Waals surface area contributed by atoms with E-state index >= 15 is 0 Å². The summed E-state index contributed by atoms with van der Waals surface area (Å²) in [7, 11) is 0. The summed E-state index contributed by atoms with van der Waals surface area (Å²) in [4.78, 5) is 21.8. The molecule has 0 saturated carbocycles. The molecule has 1 saturated heterocycles. The SMILES string of the molecule is O=C(CSc1nnc(-c2cccs2)o1)N1CCN(c2ccccn2)CC1. The topological polar surface area (TPSA) is 75.4 Å². The summed E-state index contributed by atoms with van der Waals surface area (Å²) in [6.07, 6.45) is 1.79. The van der Waals surface area contributed by atoms with Gasteiger partial charge < -0.3 is 14.2 Å². The molecule has 0 radical (unpaired) electrons. The Morgan fingerprint density at radius 3 is 2.77 bits per heavy atom. The number of piperazine rings is 1. The van der Waals surface area contributed by atoms with E-state index in [1.807, 2.05) is 40.6 Å². The predicted molar refractivity (Wildman–Crippen MR) is 101 cm³/mol. The summed E-state index contributed by atoms with van der Waals surface area (Å²) in [6, 6.07) is 9.74. The fraction of sp³-hybridized carbons (Fsp3) is 0.294. The van der Waals surface area contributed by atoms with E-state index in [-0.39, 0.29) is 5.91 Å². The van der Waals surface area contributed by atoms with E-state index < -0.39 is 0 Å². The van der Waals surface area contributed by atoms with Gasteiger partial charge in [0.2, 0.25) is 5.91 Å². The molecule has 0 atom stereocenters. The molecule has 1 aliphatic heterocycles. The third kappa shape index (κ3) is 3.88. The van der Waals surface area contributed by atoms with Crippen molar-refractivity contribution in [3.63, 3.8) is 0 Å². The second kappa shape index (κ2) is 7.88. The number of hydrogen-bond acceptors (Lipinski definition) is 8. The molecule has 3 aromatic heterocycles. The first-order valence-electron chi connectivity index (χ1n) is 8.23. The second-order valence-corrected chi connectivity index (χ2v) is 7.57. The highest BCUT2D eigenvalue weighted by atomic mass is 32.2. The first-order chi connectivity index (χ1) is 12.8. The van der Waals surface area contributed by atoms with Crippen LogP contribution < -0.4 is 4.90 Å². The van der Waals surface area contributed by atoms with Gasteiger partial charge in [0.05, 0.1) is 10.6 Å². The van der Waals surface area contributed by atoms with Crippen LogP contribution in [0.3, 0.4) is 0 Å². The molecule has 0 aromatic carbocycles. The Bertz CT molecular complexity index is 845. The number of rotatable bonds is 5. The average Bonchev–Trinajstić information content (AvgIpc) is 3.38. The van der Waals surface area contributed by atoms with Crippen molar-refractivity contribution in [2.75, 3.05) is 36.8 Å². The Morgan fingerprint density at radius 1 is 1.15 bits per heavy atom. The number of thioether (sulfide) groups is 1. The molecule has 9 heteroatoms. The molecule has 0 aliphatic carbocycles. The van der Waals surface area contributed by atoms with Crippen molar-refractivity contribution in [1.82, 2.24) is 20.1 Å². The highest BCUT2D eigenvalue weighted by Crippen LogP contribution is 2.26. The molecule has 3 aromatic rings. The number of amides is 1.